The first-order chi connectivity index (χ1) is 15.4. The van der Waals surface area contributed by atoms with Gasteiger partial charge in [-0.1, -0.05) is 51.0 Å². The van der Waals surface area contributed by atoms with Gasteiger partial charge in [0.25, 0.3) is 11.7 Å². The van der Waals surface area contributed by atoms with Crippen molar-refractivity contribution in [3.63, 3.8) is 0 Å². The third-order valence-electron chi connectivity index (χ3n) is 5.99. The van der Waals surface area contributed by atoms with Gasteiger partial charge >= 0.3 is 0 Å². The molecular weight excluding hydrogens is 402 g/mol. The largest absolute Gasteiger partial charge is 0.507 e. The Hall–Kier alpha value is -3.08. The molecule has 0 bridgehead atoms. The molecule has 32 heavy (non-hydrogen) atoms. The predicted octanol–water partition coefficient (Wildman–Crippen LogP) is 5.57. The number of hydrogen-bond donors (Lipinski definition) is 1. The van der Waals surface area contributed by atoms with E-state index < -0.39 is 17.7 Å². The van der Waals surface area contributed by atoms with Gasteiger partial charge < -0.3 is 14.7 Å². The van der Waals surface area contributed by atoms with Crippen LogP contribution in [0.25, 0.3) is 5.76 Å². The van der Waals surface area contributed by atoms with Crippen LogP contribution in [0.1, 0.15) is 68.3 Å². The van der Waals surface area contributed by atoms with E-state index in [2.05, 4.69) is 13.8 Å². The zero-order chi connectivity index (χ0) is 23.3. The van der Waals surface area contributed by atoms with Crippen LogP contribution in [-0.4, -0.2) is 34.8 Å². The first-order valence-electron chi connectivity index (χ1n) is 11.5. The summed E-state index contributed by atoms with van der Waals surface area (Å²) in [6, 6.07) is 12.7. The second kappa shape index (κ2) is 10.5. The second-order valence-electron chi connectivity index (χ2n) is 8.21. The maximum atomic E-state index is 13.1. The van der Waals surface area contributed by atoms with Crippen molar-refractivity contribution in [1.82, 2.24) is 4.90 Å². The molecule has 2 aromatic rings. The first-order valence-corrected chi connectivity index (χ1v) is 11.5. The second-order valence-corrected chi connectivity index (χ2v) is 8.21. The van der Waals surface area contributed by atoms with Gasteiger partial charge in [-0.25, -0.2) is 0 Å². The van der Waals surface area contributed by atoms with Gasteiger partial charge in [0, 0.05) is 12.1 Å². The summed E-state index contributed by atoms with van der Waals surface area (Å²) >= 11 is 0. The van der Waals surface area contributed by atoms with E-state index in [0.29, 0.717) is 18.7 Å². The van der Waals surface area contributed by atoms with E-state index in [1.54, 1.807) is 23.1 Å². The maximum Gasteiger partial charge on any atom is 0.295 e. The smallest absolute Gasteiger partial charge is 0.295 e. The maximum absolute atomic E-state index is 13.1. The van der Waals surface area contributed by atoms with E-state index in [1.165, 1.54) is 5.56 Å². The molecule has 1 aliphatic rings. The van der Waals surface area contributed by atoms with Crippen molar-refractivity contribution in [2.24, 2.45) is 0 Å². The number of carbonyl (C=O) groups excluding carboxylic acids is 2. The zero-order valence-corrected chi connectivity index (χ0v) is 19.5. The lowest BCUT2D eigenvalue weighted by molar-refractivity contribution is -0.139. The number of aliphatic hydroxyl groups is 1. The molecule has 170 valence electrons. The number of nitrogens with zero attached hydrogens (tertiary/aromatic N) is 1. The van der Waals surface area contributed by atoms with Crippen LogP contribution in [-0.2, 0) is 16.0 Å². The molecule has 1 heterocycles. The molecule has 1 saturated heterocycles. The molecular formula is C27H33NO4. The standard InChI is InChI=1S/C27H33NO4/c1-5-8-9-16-28-24(20-12-10-19(6-2)11-13-20)23(26(30)27(28)31)25(29)21-14-15-22(32-7-3)18(4)17-21/h10-15,17,24,29H,5-9,16H2,1-4H3/b25-23-. The Morgan fingerprint density at radius 3 is 2.34 bits per heavy atom. The van der Waals surface area contributed by atoms with Gasteiger partial charge in [0.2, 0.25) is 0 Å². The highest BCUT2D eigenvalue weighted by molar-refractivity contribution is 6.46. The molecule has 0 aromatic heterocycles. The predicted molar refractivity (Wildman–Crippen MR) is 127 cm³/mol. The van der Waals surface area contributed by atoms with Crippen LogP contribution in [0.2, 0.25) is 0 Å². The average Bonchev–Trinajstić information content (AvgIpc) is 3.05. The van der Waals surface area contributed by atoms with Gasteiger partial charge in [-0.3, -0.25) is 9.59 Å². The van der Waals surface area contributed by atoms with Crippen LogP contribution in [0.5, 0.6) is 5.75 Å². The van der Waals surface area contributed by atoms with Crippen molar-refractivity contribution < 1.29 is 19.4 Å². The third kappa shape index (κ3) is 4.72. The molecule has 1 atom stereocenters. The Morgan fingerprint density at radius 2 is 1.75 bits per heavy atom. The summed E-state index contributed by atoms with van der Waals surface area (Å²) in [7, 11) is 0. The monoisotopic (exact) mass is 435 g/mol. The highest BCUT2D eigenvalue weighted by Crippen LogP contribution is 2.40. The zero-order valence-electron chi connectivity index (χ0n) is 19.5. The summed E-state index contributed by atoms with van der Waals surface area (Å²) in [4.78, 5) is 27.7. The quantitative estimate of drug-likeness (QED) is 0.242. The summed E-state index contributed by atoms with van der Waals surface area (Å²) in [5.41, 5.74) is 3.53. The number of hydrogen-bond acceptors (Lipinski definition) is 4. The summed E-state index contributed by atoms with van der Waals surface area (Å²) in [6.07, 6.45) is 3.71. The number of carbonyl (C=O) groups is 2. The minimum atomic E-state index is -0.630. The van der Waals surface area contributed by atoms with E-state index in [4.69, 9.17) is 4.74 Å². The molecule has 0 radical (unpaired) electrons. The minimum absolute atomic E-state index is 0.142. The van der Waals surface area contributed by atoms with Crippen LogP contribution >= 0.6 is 0 Å². The van der Waals surface area contributed by atoms with Crippen molar-refractivity contribution >= 4 is 17.4 Å². The number of Topliss-reactive ketones (excluding diaryl/α,β-unsaturated/α-hetero) is 1. The molecule has 5 nitrogen and oxygen atoms in total. The first kappa shape index (κ1) is 23.6. The van der Waals surface area contributed by atoms with Crippen molar-refractivity contribution in [3.05, 3.63) is 70.3 Å². The SMILES string of the molecule is CCCCCN1C(=O)C(=O)/C(=C(\O)c2ccc(OCC)c(C)c2)C1c1ccc(CC)cc1. The van der Waals surface area contributed by atoms with Crippen molar-refractivity contribution in [2.45, 2.75) is 59.4 Å². The average molecular weight is 436 g/mol. The van der Waals surface area contributed by atoms with E-state index in [9.17, 15) is 14.7 Å². The van der Waals surface area contributed by atoms with E-state index >= 15 is 0 Å². The van der Waals surface area contributed by atoms with Gasteiger partial charge in [-0.15, -0.1) is 0 Å². The van der Waals surface area contributed by atoms with Gasteiger partial charge in [-0.2, -0.15) is 0 Å². The normalized spacial score (nSPS) is 17.8. The lowest BCUT2D eigenvalue weighted by Crippen LogP contribution is -2.30. The van der Waals surface area contributed by atoms with Crippen molar-refractivity contribution in [1.29, 1.82) is 0 Å². The molecule has 5 heteroatoms. The van der Waals surface area contributed by atoms with Crippen LogP contribution < -0.4 is 4.74 Å². The van der Waals surface area contributed by atoms with Gasteiger partial charge in [-0.05, 0) is 61.6 Å². The number of unbranched alkanes of at least 4 members (excludes halogenated alkanes) is 2. The summed E-state index contributed by atoms with van der Waals surface area (Å²) in [6.45, 7) is 9.02. The molecule has 1 unspecified atom stereocenters. The highest BCUT2D eigenvalue weighted by Gasteiger charge is 2.45. The topological polar surface area (TPSA) is 66.8 Å². The molecule has 1 N–H and O–H groups in total. The number of likely N-dealkylation sites (tertiary alicyclic amines) is 1. The van der Waals surface area contributed by atoms with Crippen molar-refractivity contribution in [2.75, 3.05) is 13.2 Å². The fraction of sp³-hybridized carbons (Fsp3) is 0.407. The number of ether oxygens (including phenoxy) is 1. The number of ketones is 1. The Balaban J connectivity index is 2.10. The van der Waals surface area contributed by atoms with E-state index in [-0.39, 0.29) is 11.3 Å². The lowest BCUT2D eigenvalue weighted by Gasteiger charge is -2.25. The molecule has 2 aromatic carbocycles. The fourth-order valence-corrected chi connectivity index (χ4v) is 4.19. The van der Waals surface area contributed by atoms with Gasteiger partial charge in [0.1, 0.15) is 11.5 Å². The Morgan fingerprint density at radius 1 is 1.03 bits per heavy atom. The van der Waals surface area contributed by atoms with Crippen molar-refractivity contribution in [3.8, 4) is 5.75 Å². The molecule has 1 aliphatic heterocycles. The number of amides is 1. The van der Waals surface area contributed by atoms with Crippen LogP contribution in [0.4, 0.5) is 0 Å². The van der Waals surface area contributed by atoms with E-state index in [0.717, 1.165) is 42.6 Å². The Kier molecular flexibility index (Phi) is 7.73. The third-order valence-corrected chi connectivity index (χ3v) is 5.99. The van der Waals surface area contributed by atoms with Gasteiger partial charge in [0.15, 0.2) is 0 Å². The molecule has 0 saturated carbocycles. The molecule has 0 aliphatic carbocycles. The van der Waals surface area contributed by atoms with Crippen LogP contribution in [0.3, 0.4) is 0 Å². The number of benzene rings is 2. The number of rotatable bonds is 9. The number of aryl methyl sites for hydroxylation is 2. The van der Waals surface area contributed by atoms with E-state index in [1.807, 2.05) is 38.1 Å². The molecule has 1 fully saturated rings. The summed E-state index contributed by atoms with van der Waals surface area (Å²) < 4.78 is 5.59. The lowest BCUT2D eigenvalue weighted by atomic mass is 9.94. The molecule has 1 amide bonds. The minimum Gasteiger partial charge on any atom is -0.507 e. The Bertz CT molecular complexity index is 1010. The molecule has 3 rings (SSSR count). The van der Waals surface area contributed by atoms with Crippen LogP contribution in [0, 0.1) is 6.92 Å². The summed E-state index contributed by atoms with van der Waals surface area (Å²) in [5.74, 6) is -0.585. The highest BCUT2D eigenvalue weighted by atomic mass is 16.5. The number of aliphatic hydroxyl groups excluding tert-OH is 1. The fourth-order valence-electron chi connectivity index (χ4n) is 4.19. The Labute approximate surface area is 190 Å². The molecule has 0 spiro atoms. The van der Waals surface area contributed by atoms with Crippen LogP contribution in [0.15, 0.2) is 48.0 Å². The summed E-state index contributed by atoms with van der Waals surface area (Å²) in [5, 5.41) is 11.2. The van der Waals surface area contributed by atoms with Gasteiger partial charge in [0.05, 0.1) is 18.2 Å².